The summed E-state index contributed by atoms with van der Waals surface area (Å²) in [7, 11) is 0. The van der Waals surface area contributed by atoms with Crippen LogP contribution in [0, 0.1) is 4.91 Å². The number of benzene rings is 1. The summed E-state index contributed by atoms with van der Waals surface area (Å²) in [5, 5.41) is 13.5. The van der Waals surface area contributed by atoms with Crippen molar-refractivity contribution in [3.63, 3.8) is 0 Å². The molecule has 108 valence electrons. The Morgan fingerprint density at radius 2 is 1.75 bits per heavy atom. The number of rotatable bonds is 1. The van der Waals surface area contributed by atoms with Gasteiger partial charge in [0.1, 0.15) is 5.69 Å². The van der Waals surface area contributed by atoms with Gasteiger partial charge in [-0.3, -0.25) is 0 Å². The molecule has 4 nitrogen and oxygen atoms in total. The monoisotopic (exact) mass is 274 g/mol. The number of phenolic OH excluding ortho intramolecular Hbond substituents is 1. The molecule has 1 aromatic carbocycles. The van der Waals surface area contributed by atoms with E-state index in [2.05, 4.69) is 37.8 Å². The van der Waals surface area contributed by atoms with E-state index in [-0.39, 0.29) is 22.3 Å². The van der Waals surface area contributed by atoms with E-state index in [4.69, 9.17) is 0 Å². The van der Waals surface area contributed by atoms with E-state index in [0.717, 1.165) is 42.7 Å². The lowest BCUT2D eigenvalue weighted by atomic mass is 9.69. The van der Waals surface area contributed by atoms with Crippen LogP contribution in [0.5, 0.6) is 5.75 Å². The molecule has 0 unspecified atom stereocenters. The number of nitroso groups, excluding NO2 is 1. The lowest BCUT2D eigenvalue weighted by Crippen LogP contribution is -2.44. The van der Waals surface area contributed by atoms with Gasteiger partial charge < -0.3 is 10.0 Å². The third kappa shape index (κ3) is 1.67. The molecule has 0 saturated heterocycles. The van der Waals surface area contributed by atoms with Crippen LogP contribution in [0.25, 0.3) is 0 Å². The number of anilines is 1. The highest BCUT2D eigenvalue weighted by molar-refractivity contribution is 5.77. The van der Waals surface area contributed by atoms with Gasteiger partial charge in [0.05, 0.1) is 0 Å². The van der Waals surface area contributed by atoms with E-state index < -0.39 is 0 Å². The molecular weight excluding hydrogens is 252 g/mol. The zero-order chi connectivity index (χ0) is 14.7. The first kappa shape index (κ1) is 13.4. The molecule has 0 aliphatic carbocycles. The molecule has 0 spiro atoms. The van der Waals surface area contributed by atoms with Crippen molar-refractivity contribution in [3.8, 4) is 5.75 Å². The zero-order valence-corrected chi connectivity index (χ0v) is 12.7. The Morgan fingerprint density at radius 3 is 2.35 bits per heavy atom. The van der Waals surface area contributed by atoms with Crippen molar-refractivity contribution in [1.82, 2.24) is 0 Å². The molecule has 2 aliphatic rings. The average Bonchev–Trinajstić information content (AvgIpc) is 2.36. The number of hydrogen-bond donors (Lipinski definition) is 1. The van der Waals surface area contributed by atoms with Crippen molar-refractivity contribution in [2.45, 2.75) is 51.4 Å². The minimum absolute atomic E-state index is 0.0150. The summed E-state index contributed by atoms with van der Waals surface area (Å²) in [6, 6.07) is 1.79. The second-order valence-corrected chi connectivity index (χ2v) is 7.36. The summed E-state index contributed by atoms with van der Waals surface area (Å²) in [5.74, 6) is 0.0751. The fraction of sp³-hybridized carbons (Fsp3) is 0.625. The van der Waals surface area contributed by atoms with Crippen LogP contribution >= 0.6 is 0 Å². The van der Waals surface area contributed by atoms with E-state index >= 15 is 0 Å². The Kier molecular flexibility index (Phi) is 2.66. The predicted octanol–water partition coefficient (Wildman–Crippen LogP) is 3.96. The molecule has 3 rings (SSSR count). The SMILES string of the molecule is CC1(C)CCN2CCC(C)(C)c3c(O)c(N=O)cc1c32. The summed E-state index contributed by atoms with van der Waals surface area (Å²) in [4.78, 5) is 13.4. The average molecular weight is 274 g/mol. The minimum atomic E-state index is -0.126. The van der Waals surface area contributed by atoms with Gasteiger partial charge in [-0.25, -0.2) is 0 Å². The van der Waals surface area contributed by atoms with Gasteiger partial charge in [-0.2, -0.15) is 0 Å². The van der Waals surface area contributed by atoms with Crippen molar-refractivity contribution in [3.05, 3.63) is 22.1 Å². The Labute approximate surface area is 119 Å². The Morgan fingerprint density at radius 1 is 1.15 bits per heavy atom. The van der Waals surface area contributed by atoms with E-state index in [9.17, 15) is 10.0 Å². The first-order valence-electron chi connectivity index (χ1n) is 7.27. The highest BCUT2D eigenvalue weighted by atomic mass is 16.3. The van der Waals surface area contributed by atoms with Crippen LogP contribution in [-0.2, 0) is 10.8 Å². The van der Waals surface area contributed by atoms with Gasteiger partial charge in [-0.1, -0.05) is 27.7 Å². The number of phenols is 1. The summed E-state index contributed by atoms with van der Waals surface area (Å²) in [5.41, 5.74) is 3.27. The van der Waals surface area contributed by atoms with Gasteiger partial charge in [-0.15, -0.1) is 4.91 Å². The molecule has 0 aromatic heterocycles. The third-order valence-corrected chi connectivity index (χ3v) is 5.09. The Bertz CT molecular complexity index is 589. The van der Waals surface area contributed by atoms with E-state index in [1.165, 1.54) is 0 Å². The molecule has 0 radical (unpaired) electrons. The molecule has 1 N–H and O–H groups in total. The fourth-order valence-corrected chi connectivity index (χ4v) is 3.63. The quantitative estimate of drug-likeness (QED) is 0.789. The Hall–Kier alpha value is -1.58. The number of nitrogens with zero attached hydrogens (tertiary/aromatic N) is 2. The lowest BCUT2D eigenvalue weighted by molar-refractivity contribution is 0.379. The highest BCUT2D eigenvalue weighted by Crippen LogP contribution is 2.54. The summed E-state index contributed by atoms with van der Waals surface area (Å²) >= 11 is 0. The van der Waals surface area contributed by atoms with Crippen molar-refractivity contribution in [2.75, 3.05) is 18.0 Å². The second kappa shape index (κ2) is 3.96. The molecule has 1 aromatic rings. The van der Waals surface area contributed by atoms with Gasteiger partial charge in [0.15, 0.2) is 5.75 Å². The molecule has 0 amide bonds. The van der Waals surface area contributed by atoms with E-state index in [0.29, 0.717) is 0 Å². The molecule has 0 atom stereocenters. The van der Waals surface area contributed by atoms with Crippen LogP contribution < -0.4 is 4.90 Å². The summed E-state index contributed by atoms with van der Waals surface area (Å²) in [6.07, 6.45) is 2.04. The fourth-order valence-electron chi connectivity index (χ4n) is 3.63. The molecule has 0 fully saturated rings. The normalized spacial score (nSPS) is 22.3. The van der Waals surface area contributed by atoms with Crippen LogP contribution in [0.1, 0.15) is 51.7 Å². The molecule has 4 heteroatoms. The molecular formula is C16H22N2O2. The molecule has 20 heavy (non-hydrogen) atoms. The van der Waals surface area contributed by atoms with E-state index in [1.54, 1.807) is 6.07 Å². The minimum Gasteiger partial charge on any atom is -0.505 e. The highest BCUT2D eigenvalue weighted by Gasteiger charge is 2.42. The van der Waals surface area contributed by atoms with Crippen molar-refractivity contribution >= 4 is 11.4 Å². The lowest BCUT2D eigenvalue weighted by Gasteiger charge is -2.48. The third-order valence-electron chi connectivity index (χ3n) is 5.09. The molecule has 0 saturated carbocycles. The number of aromatic hydroxyl groups is 1. The second-order valence-electron chi connectivity index (χ2n) is 7.36. The van der Waals surface area contributed by atoms with E-state index in [1.807, 2.05) is 0 Å². The zero-order valence-electron chi connectivity index (χ0n) is 12.7. The first-order valence-corrected chi connectivity index (χ1v) is 7.27. The summed E-state index contributed by atoms with van der Waals surface area (Å²) < 4.78 is 0. The van der Waals surface area contributed by atoms with Gasteiger partial charge in [0, 0.05) is 24.3 Å². The van der Waals surface area contributed by atoms with Crippen LogP contribution in [0.3, 0.4) is 0 Å². The van der Waals surface area contributed by atoms with Crippen molar-refractivity contribution in [2.24, 2.45) is 5.18 Å². The van der Waals surface area contributed by atoms with Crippen LogP contribution in [0.2, 0.25) is 0 Å². The molecule has 2 heterocycles. The largest absolute Gasteiger partial charge is 0.505 e. The Balaban J connectivity index is 2.39. The molecule has 2 aliphatic heterocycles. The maximum Gasteiger partial charge on any atom is 0.150 e. The van der Waals surface area contributed by atoms with Gasteiger partial charge in [0.25, 0.3) is 0 Å². The predicted molar refractivity (Wildman–Crippen MR) is 81.1 cm³/mol. The van der Waals surface area contributed by atoms with Gasteiger partial charge in [0.2, 0.25) is 0 Å². The number of hydrogen-bond acceptors (Lipinski definition) is 4. The van der Waals surface area contributed by atoms with Crippen LogP contribution in [0.15, 0.2) is 11.2 Å². The van der Waals surface area contributed by atoms with Crippen LogP contribution in [-0.4, -0.2) is 18.2 Å². The molecule has 0 bridgehead atoms. The topological polar surface area (TPSA) is 52.9 Å². The standard InChI is InChI=1S/C16H22N2O2/c1-15(2)5-7-18-8-6-16(3,4)12-13(18)10(15)9-11(17-20)14(12)19/h9,19H,5-8H2,1-4H3. The summed E-state index contributed by atoms with van der Waals surface area (Å²) in [6.45, 7) is 10.7. The maximum atomic E-state index is 11.1. The van der Waals surface area contributed by atoms with Gasteiger partial charge in [-0.05, 0) is 40.5 Å². The maximum absolute atomic E-state index is 11.1. The smallest absolute Gasteiger partial charge is 0.150 e. The van der Waals surface area contributed by atoms with Crippen molar-refractivity contribution < 1.29 is 5.11 Å². The first-order chi connectivity index (χ1) is 9.28. The van der Waals surface area contributed by atoms with Crippen LogP contribution in [0.4, 0.5) is 11.4 Å². The van der Waals surface area contributed by atoms with Gasteiger partial charge >= 0.3 is 0 Å². The van der Waals surface area contributed by atoms with Crippen molar-refractivity contribution in [1.29, 1.82) is 0 Å².